The quantitative estimate of drug-likeness (QED) is 0.899. The molecule has 2 heterocycles. The fourth-order valence-electron chi connectivity index (χ4n) is 2.60. The second-order valence-electron chi connectivity index (χ2n) is 5.17. The first-order chi connectivity index (χ1) is 10.8. The number of carbonyl (C=O) groups is 1. The largest absolute Gasteiger partial charge is 0.317 e. The SMILES string of the molecule is N#Cc1c(NC(=O)CCSC2=NCCS2)sc2c1CCCC2. The van der Waals surface area contributed by atoms with Gasteiger partial charge >= 0.3 is 0 Å². The average Bonchev–Trinajstić information content (AvgIpc) is 3.14. The van der Waals surface area contributed by atoms with Crippen molar-refractivity contribution in [3.05, 3.63) is 16.0 Å². The van der Waals surface area contributed by atoms with Gasteiger partial charge in [0.25, 0.3) is 0 Å². The lowest BCUT2D eigenvalue weighted by atomic mass is 9.96. The van der Waals surface area contributed by atoms with Crippen molar-refractivity contribution in [3.63, 3.8) is 0 Å². The van der Waals surface area contributed by atoms with Gasteiger partial charge in [-0.2, -0.15) is 5.26 Å². The molecular weight excluding hydrogens is 334 g/mol. The van der Waals surface area contributed by atoms with Gasteiger partial charge in [0.2, 0.25) is 5.91 Å². The summed E-state index contributed by atoms with van der Waals surface area (Å²) in [4.78, 5) is 17.7. The zero-order valence-corrected chi connectivity index (χ0v) is 14.6. The van der Waals surface area contributed by atoms with Crippen molar-refractivity contribution in [2.75, 3.05) is 23.4 Å². The van der Waals surface area contributed by atoms with Crippen LogP contribution >= 0.6 is 34.9 Å². The molecule has 1 N–H and O–H groups in total. The molecule has 1 aromatic heterocycles. The molecule has 4 nitrogen and oxygen atoms in total. The molecule has 0 radical (unpaired) electrons. The number of aryl methyl sites for hydroxylation is 1. The molecule has 7 heteroatoms. The van der Waals surface area contributed by atoms with E-state index in [4.69, 9.17) is 0 Å². The number of hydrogen-bond donors (Lipinski definition) is 1. The minimum absolute atomic E-state index is 0.00815. The molecular formula is C15H17N3OS3. The first-order valence-electron chi connectivity index (χ1n) is 7.42. The number of nitrogens with zero attached hydrogens (tertiary/aromatic N) is 2. The highest BCUT2D eigenvalue weighted by atomic mass is 32.2. The molecule has 1 aromatic rings. The average molecular weight is 352 g/mol. The molecule has 1 aliphatic carbocycles. The maximum absolute atomic E-state index is 12.1. The van der Waals surface area contributed by atoms with E-state index in [1.807, 2.05) is 0 Å². The predicted molar refractivity (Wildman–Crippen MR) is 96.1 cm³/mol. The van der Waals surface area contributed by atoms with Crippen LogP contribution in [0.4, 0.5) is 5.00 Å². The number of amides is 1. The van der Waals surface area contributed by atoms with Gasteiger partial charge in [-0.05, 0) is 31.2 Å². The van der Waals surface area contributed by atoms with Crippen LogP contribution in [0.1, 0.15) is 35.3 Å². The molecule has 0 unspecified atom stereocenters. The smallest absolute Gasteiger partial charge is 0.225 e. The van der Waals surface area contributed by atoms with Gasteiger partial charge in [-0.3, -0.25) is 9.79 Å². The molecule has 116 valence electrons. The van der Waals surface area contributed by atoms with E-state index in [9.17, 15) is 10.1 Å². The van der Waals surface area contributed by atoms with Crippen LogP contribution in [0.5, 0.6) is 0 Å². The van der Waals surface area contributed by atoms with E-state index in [1.165, 1.54) is 16.9 Å². The zero-order valence-electron chi connectivity index (χ0n) is 12.2. The molecule has 1 amide bonds. The Labute approximate surface area is 142 Å². The molecule has 0 atom stereocenters. The predicted octanol–water partition coefficient (Wildman–Crippen LogP) is 3.66. The summed E-state index contributed by atoms with van der Waals surface area (Å²) < 4.78 is 1.09. The molecule has 2 aliphatic rings. The van der Waals surface area contributed by atoms with Crippen LogP contribution in [0, 0.1) is 11.3 Å². The lowest BCUT2D eigenvalue weighted by molar-refractivity contribution is -0.115. The Balaban J connectivity index is 1.57. The lowest BCUT2D eigenvalue weighted by Gasteiger charge is -2.09. The minimum Gasteiger partial charge on any atom is -0.317 e. The van der Waals surface area contributed by atoms with E-state index < -0.39 is 0 Å². The van der Waals surface area contributed by atoms with Gasteiger partial charge in [-0.1, -0.05) is 23.5 Å². The van der Waals surface area contributed by atoms with E-state index in [2.05, 4.69) is 16.4 Å². The Morgan fingerprint density at radius 2 is 2.27 bits per heavy atom. The number of nitriles is 1. The molecule has 1 aliphatic heterocycles. The van der Waals surface area contributed by atoms with Crippen LogP contribution in [-0.2, 0) is 17.6 Å². The Morgan fingerprint density at radius 3 is 3.05 bits per heavy atom. The van der Waals surface area contributed by atoms with Crippen LogP contribution < -0.4 is 5.32 Å². The number of fused-ring (bicyclic) bond motifs is 1. The van der Waals surface area contributed by atoms with Crippen molar-refractivity contribution in [1.29, 1.82) is 5.26 Å². The summed E-state index contributed by atoms with van der Waals surface area (Å²) in [5.41, 5.74) is 1.86. The molecule has 0 bridgehead atoms. The standard InChI is InChI=1S/C15H17N3OS3/c16-9-11-10-3-1-2-4-12(10)22-14(11)18-13(19)5-7-20-15-17-6-8-21-15/h1-8H2,(H,18,19). The van der Waals surface area contributed by atoms with Gasteiger partial charge in [0, 0.05) is 22.8 Å². The first kappa shape index (κ1) is 15.9. The van der Waals surface area contributed by atoms with E-state index in [0.717, 1.165) is 46.7 Å². The van der Waals surface area contributed by atoms with Gasteiger partial charge in [0.1, 0.15) is 15.4 Å². The van der Waals surface area contributed by atoms with Crippen molar-refractivity contribution in [3.8, 4) is 6.07 Å². The summed E-state index contributed by atoms with van der Waals surface area (Å²) in [7, 11) is 0. The second kappa shape index (κ2) is 7.53. The summed E-state index contributed by atoms with van der Waals surface area (Å²) in [6, 6.07) is 2.28. The van der Waals surface area contributed by atoms with Crippen LogP contribution in [0.25, 0.3) is 0 Å². The highest BCUT2D eigenvalue weighted by molar-refractivity contribution is 8.39. The fraction of sp³-hybridized carbons (Fsp3) is 0.533. The summed E-state index contributed by atoms with van der Waals surface area (Å²) >= 11 is 5.00. The number of rotatable bonds is 4. The summed E-state index contributed by atoms with van der Waals surface area (Å²) in [5.74, 6) is 1.79. The third kappa shape index (κ3) is 3.67. The molecule has 0 aromatic carbocycles. The Kier molecular flexibility index (Phi) is 5.45. The van der Waals surface area contributed by atoms with E-state index in [-0.39, 0.29) is 5.91 Å². The van der Waals surface area contributed by atoms with E-state index in [0.29, 0.717) is 12.0 Å². The van der Waals surface area contributed by atoms with Gasteiger partial charge in [-0.15, -0.1) is 11.3 Å². The van der Waals surface area contributed by atoms with Crippen LogP contribution in [-0.4, -0.2) is 28.3 Å². The van der Waals surface area contributed by atoms with Crippen LogP contribution in [0.3, 0.4) is 0 Å². The van der Waals surface area contributed by atoms with Crippen molar-refractivity contribution < 1.29 is 4.79 Å². The summed E-state index contributed by atoms with van der Waals surface area (Å²) in [6.07, 6.45) is 4.79. The molecule has 0 fully saturated rings. The van der Waals surface area contributed by atoms with Crippen LogP contribution in [0.15, 0.2) is 4.99 Å². The third-order valence-corrected chi connectivity index (χ3v) is 7.11. The van der Waals surface area contributed by atoms with E-state index in [1.54, 1.807) is 34.9 Å². The van der Waals surface area contributed by atoms with Crippen molar-refractivity contribution >= 4 is 50.1 Å². The number of anilines is 1. The molecule has 3 rings (SSSR count). The van der Waals surface area contributed by atoms with Crippen molar-refractivity contribution in [2.45, 2.75) is 32.1 Å². The monoisotopic (exact) mass is 351 g/mol. The minimum atomic E-state index is -0.00815. The number of nitrogens with one attached hydrogen (secondary N) is 1. The van der Waals surface area contributed by atoms with Gasteiger partial charge in [0.05, 0.1) is 12.1 Å². The normalized spacial score (nSPS) is 16.8. The molecule has 0 spiro atoms. The lowest BCUT2D eigenvalue weighted by Crippen LogP contribution is -2.12. The second-order valence-corrected chi connectivity index (χ2v) is 8.70. The Morgan fingerprint density at radius 1 is 1.41 bits per heavy atom. The Bertz CT molecular complexity index is 645. The fourth-order valence-corrected chi connectivity index (χ4v) is 5.87. The van der Waals surface area contributed by atoms with Crippen LogP contribution in [0.2, 0.25) is 0 Å². The van der Waals surface area contributed by atoms with Crippen molar-refractivity contribution in [1.82, 2.24) is 0 Å². The number of thioether (sulfide) groups is 2. The van der Waals surface area contributed by atoms with Crippen molar-refractivity contribution in [2.24, 2.45) is 4.99 Å². The van der Waals surface area contributed by atoms with E-state index >= 15 is 0 Å². The summed E-state index contributed by atoms with van der Waals surface area (Å²) in [5, 5.41) is 13.1. The maximum Gasteiger partial charge on any atom is 0.225 e. The molecule has 0 saturated heterocycles. The topological polar surface area (TPSA) is 65.2 Å². The number of hydrogen-bond acceptors (Lipinski definition) is 6. The number of carbonyl (C=O) groups excluding carboxylic acids is 1. The highest BCUT2D eigenvalue weighted by Gasteiger charge is 2.21. The maximum atomic E-state index is 12.1. The zero-order chi connectivity index (χ0) is 15.4. The molecule has 0 saturated carbocycles. The third-order valence-electron chi connectivity index (χ3n) is 3.65. The van der Waals surface area contributed by atoms with Gasteiger partial charge in [0.15, 0.2) is 0 Å². The number of aliphatic imine (C=N–C) groups is 1. The molecule has 22 heavy (non-hydrogen) atoms. The Hall–Kier alpha value is -0.970. The van der Waals surface area contributed by atoms with Gasteiger partial charge in [-0.25, -0.2) is 0 Å². The summed E-state index contributed by atoms with van der Waals surface area (Å²) in [6.45, 7) is 0.894. The number of thiophene rings is 1. The van der Waals surface area contributed by atoms with Gasteiger partial charge < -0.3 is 5.32 Å². The first-order valence-corrected chi connectivity index (χ1v) is 10.2. The highest BCUT2D eigenvalue weighted by Crippen LogP contribution is 2.37.